The smallest absolute Gasteiger partial charge is 0.408 e. The van der Waals surface area contributed by atoms with E-state index in [1.54, 1.807) is 0 Å². The Hall–Kier alpha value is -3.81. The van der Waals surface area contributed by atoms with E-state index in [-0.39, 0.29) is 25.2 Å². The van der Waals surface area contributed by atoms with Crippen molar-refractivity contribution in [3.05, 3.63) is 94.0 Å². The quantitative estimate of drug-likeness (QED) is 0.566. The summed E-state index contributed by atoms with van der Waals surface area (Å²) in [6, 6.07) is 17.1. The Labute approximate surface area is 166 Å². The third-order valence-electron chi connectivity index (χ3n) is 4.08. The standard InChI is InChI=1S/C21H20N2O6/c24-19-17(12-22-29-19)11-18(20(25)27-13-15-7-3-1-4-8-15)23-21(26)28-14-16-9-5-2-6-10-16/h1-10,12,18,22H,11,13-14H2,(H,23,26)/t18-/m0/s1. The van der Waals surface area contributed by atoms with Gasteiger partial charge in [0.05, 0.1) is 5.56 Å². The third-order valence-corrected chi connectivity index (χ3v) is 4.08. The lowest BCUT2D eigenvalue weighted by molar-refractivity contribution is -0.147. The van der Waals surface area contributed by atoms with Crippen LogP contribution < -0.4 is 10.9 Å². The van der Waals surface area contributed by atoms with Crippen LogP contribution in [0.3, 0.4) is 0 Å². The Kier molecular flexibility index (Phi) is 6.83. The minimum absolute atomic E-state index is 0.0403. The maximum Gasteiger partial charge on any atom is 0.408 e. The van der Waals surface area contributed by atoms with Crippen LogP contribution in [0, 0.1) is 0 Å². The van der Waals surface area contributed by atoms with Gasteiger partial charge in [-0.2, -0.15) is 0 Å². The van der Waals surface area contributed by atoms with E-state index in [1.807, 2.05) is 60.7 Å². The molecule has 0 aliphatic carbocycles. The number of esters is 1. The lowest BCUT2D eigenvalue weighted by Crippen LogP contribution is -2.44. The first-order valence-corrected chi connectivity index (χ1v) is 8.95. The van der Waals surface area contributed by atoms with Gasteiger partial charge in [0.15, 0.2) is 0 Å². The molecule has 150 valence electrons. The molecule has 0 bridgehead atoms. The molecular weight excluding hydrogens is 376 g/mol. The van der Waals surface area contributed by atoms with Crippen LogP contribution in [0.5, 0.6) is 0 Å². The van der Waals surface area contributed by atoms with E-state index < -0.39 is 23.7 Å². The van der Waals surface area contributed by atoms with E-state index in [0.717, 1.165) is 11.1 Å². The second kappa shape index (κ2) is 9.93. The van der Waals surface area contributed by atoms with Gasteiger partial charge in [-0.15, -0.1) is 0 Å². The molecule has 0 aliphatic heterocycles. The number of amides is 1. The molecule has 1 heterocycles. The van der Waals surface area contributed by atoms with Gasteiger partial charge in [0, 0.05) is 12.6 Å². The summed E-state index contributed by atoms with van der Waals surface area (Å²) in [5.41, 5.74) is 1.19. The molecule has 1 aromatic heterocycles. The fourth-order valence-electron chi connectivity index (χ4n) is 2.57. The predicted molar refractivity (Wildman–Crippen MR) is 103 cm³/mol. The Morgan fingerprint density at radius 2 is 1.52 bits per heavy atom. The molecule has 0 saturated heterocycles. The highest BCUT2D eigenvalue weighted by atomic mass is 16.6. The van der Waals surface area contributed by atoms with Crippen LogP contribution >= 0.6 is 0 Å². The van der Waals surface area contributed by atoms with Crippen LogP contribution in [-0.4, -0.2) is 23.3 Å². The molecule has 1 amide bonds. The van der Waals surface area contributed by atoms with E-state index in [9.17, 15) is 14.4 Å². The maximum atomic E-state index is 12.5. The van der Waals surface area contributed by atoms with Gasteiger partial charge in [-0.05, 0) is 11.1 Å². The number of alkyl carbamates (subject to hydrolysis) is 1. The second-order valence-electron chi connectivity index (χ2n) is 6.23. The largest absolute Gasteiger partial charge is 0.459 e. The van der Waals surface area contributed by atoms with E-state index in [1.165, 1.54) is 6.20 Å². The lowest BCUT2D eigenvalue weighted by atomic mass is 10.1. The summed E-state index contributed by atoms with van der Waals surface area (Å²) >= 11 is 0. The number of ether oxygens (including phenoxy) is 2. The number of nitrogens with one attached hydrogen (secondary N) is 2. The number of rotatable bonds is 8. The molecule has 0 aliphatic rings. The number of hydrogen-bond acceptors (Lipinski definition) is 6. The zero-order chi connectivity index (χ0) is 20.5. The molecule has 0 fully saturated rings. The van der Waals surface area contributed by atoms with Crippen molar-refractivity contribution in [2.24, 2.45) is 0 Å². The Balaban J connectivity index is 1.61. The number of carbonyl (C=O) groups excluding carboxylic acids is 2. The van der Waals surface area contributed by atoms with Crippen molar-refractivity contribution >= 4 is 12.1 Å². The number of H-pyrrole nitrogens is 1. The summed E-state index contributed by atoms with van der Waals surface area (Å²) in [6.07, 6.45) is 0.437. The molecule has 3 aromatic rings. The fourth-order valence-corrected chi connectivity index (χ4v) is 2.57. The zero-order valence-electron chi connectivity index (χ0n) is 15.5. The third kappa shape index (κ3) is 6.10. The van der Waals surface area contributed by atoms with Gasteiger partial charge in [0.1, 0.15) is 19.3 Å². The molecule has 29 heavy (non-hydrogen) atoms. The molecule has 3 rings (SSSR count). The van der Waals surface area contributed by atoms with Crippen LogP contribution in [0.1, 0.15) is 16.7 Å². The van der Waals surface area contributed by atoms with Gasteiger partial charge >= 0.3 is 17.7 Å². The van der Waals surface area contributed by atoms with Crippen LogP contribution in [-0.2, 0) is 33.9 Å². The molecule has 2 N–H and O–H groups in total. The van der Waals surface area contributed by atoms with Gasteiger partial charge < -0.3 is 19.3 Å². The van der Waals surface area contributed by atoms with Crippen molar-refractivity contribution in [2.45, 2.75) is 25.7 Å². The molecule has 0 spiro atoms. The first-order valence-electron chi connectivity index (χ1n) is 8.95. The van der Waals surface area contributed by atoms with E-state index in [0.29, 0.717) is 0 Å². The number of aromatic nitrogens is 1. The summed E-state index contributed by atoms with van der Waals surface area (Å²) in [7, 11) is 0. The molecule has 8 heteroatoms. The number of aromatic amines is 1. The van der Waals surface area contributed by atoms with E-state index >= 15 is 0 Å². The van der Waals surface area contributed by atoms with Crippen molar-refractivity contribution in [3.63, 3.8) is 0 Å². The molecule has 8 nitrogen and oxygen atoms in total. The maximum absolute atomic E-state index is 12.5. The number of benzene rings is 2. The van der Waals surface area contributed by atoms with Crippen molar-refractivity contribution < 1.29 is 23.6 Å². The normalized spacial score (nSPS) is 11.4. The van der Waals surface area contributed by atoms with Crippen molar-refractivity contribution in [3.8, 4) is 0 Å². The fraction of sp³-hybridized carbons (Fsp3) is 0.190. The lowest BCUT2D eigenvalue weighted by Gasteiger charge is -2.17. The first kappa shape index (κ1) is 19.9. The Morgan fingerprint density at radius 1 is 0.931 bits per heavy atom. The van der Waals surface area contributed by atoms with E-state index in [4.69, 9.17) is 9.47 Å². The van der Waals surface area contributed by atoms with Gasteiger partial charge in [-0.3, -0.25) is 0 Å². The number of hydrogen-bond donors (Lipinski definition) is 2. The van der Waals surface area contributed by atoms with Gasteiger partial charge in [0.25, 0.3) is 0 Å². The number of carbonyl (C=O) groups is 2. The average molecular weight is 396 g/mol. The van der Waals surface area contributed by atoms with Crippen LogP contribution in [0.2, 0.25) is 0 Å². The minimum Gasteiger partial charge on any atom is -0.459 e. The predicted octanol–water partition coefficient (Wildman–Crippen LogP) is 2.55. The SMILES string of the molecule is O=C(N[C@@H](Cc1c[nH]oc1=O)C(=O)OCc1ccccc1)OCc1ccccc1. The second-order valence-corrected chi connectivity index (χ2v) is 6.23. The zero-order valence-corrected chi connectivity index (χ0v) is 15.5. The van der Waals surface area contributed by atoms with Crippen LogP contribution in [0.15, 0.2) is 76.2 Å². The molecule has 0 saturated carbocycles. The van der Waals surface area contributed by atoms with Crippen molar-refractivity contribution in [1.29, 1.82) is 0 Å². The van der Waals surface area contributed by atoms with Crippen molar-refractivity contribution in [1.82, 2.24) is 10.5 Å². The summed E-state index contributed by atoms with van der Waals surface area (Å²) < 4.78 is 15.1. The molecule has 2 aromatic carbocycles. The topological polar surface area (TPSA) is 111 Å². The van der Waals surface area contributed by atoms with Crippen molar-refractivity contribution in [2.75, 3.05) is 0 Å². The Bertz CT molecular complexity index is 981. The highest BCUT2D eigenvalue weighted by Crippen LogP contribution is 2.06. The minimum atomic E-state index is -1.11. The monoisotopic (exact) mass is 396 g/mol. The van der Waals surface area contributed by atoms with Gasteiger partial charge in [-0.1, -0.05) is 60.7 Å². The highest BCUT2D eigenvalue weighted by Gasteiger charge is 2.25. The molecule has 1 atom stereocenters. The highest BCUT2D eigenvalue weighted by molar-refractivity contribution is 5.81. The van der Waals surface area contributed by atoms with Crippen LogP contribution in [0.4, 0.5) is 4.79 Å². The Morgan fingerprint density at radius 3 is 2.07 bits per heavy atom. The summed E-state index contributed by atoms with van der Waals surface area (Å²) in [6.45, 7) is 0.0867. The average Bonchev–Trinajstić information content (AvgIpc) is 3.16. The summed E-state index contributed by atoms with van der Waals surface area (Å²) in [5, 5.41) is 4.78. The first-order chi connectivity index (χ1) is 14.1. The summed E-state index contributed by atoms with van der Waals surface area (Å²) in [4.78, 5) is 36.4. The molecular formula is C21H20N2O6. The van der Waals surface area contributed by atoms with Crippen LogP contribution in [0.25, 0.3) is 0 Å². The molecule has 0 radical (unpaired) electrons. The summed E-state index contributed by atoms with van der Waals surface area (Å²) in [5.74, 6) is -0.689. The van der Waals surface area contributed by atoms with Gasteiger partial charge in [0.2, 0.25) is 0 Å². The van der Waals surface area contributed by atoms with E-state index in [2.05, 4.69) is 15.0 Å². The molecule has 0 unspecified atom stereocenters. The van der Waals surface area contributed by atoms with Gasteiger partial charge in [-0.25, -0.2) is 19.5 Å².